The van der Waals surface area contributed by atoms with Crippen molar-refractivity contribution in [3.63, 3.8) is 0 Å². The van der Waals surface area contributed by atoms with Gasteiger partial charge in [0.1, 0.15) is 5.75 Å². The highest BCUT2D eigenvalue weighted by Gasteiger charge is 2.23. The van der Waals surface area contributed by atoms with Gasteiger partial charge in [-0.1, -0.05) is 48.5 Å². The van der Waals surface area contributed by atoms with Crippen molar-refractivity contribution >= 4 is 20.9 Å². The number of para-hydroxylation sites is 1. The Labute approximate surface area is 175 Å². The van der Waals surface area contributed by atoms with Crippen LogP contribution < -0.4 is 9.46 Å². The van der Waals surface area contributed by atoms with E-state index in [1.807, 2.05) is 54.7 Å². The third-order valence-electron chi connectivity index (χ3n) is 5.65. The van der Waals surface area contributed by atoms with Crippen LogP contribution in [0.25, 0.3) is 10.9 Å². The molecule has 0 bridgehead atoms. The fourth-order valence-electron chi connectivity index (χ4n) is 4.08. The van der Waals surface area contributed by atoms with Crippen LogP contribution in [0.3, 0.4) is 0 Å². The maximum atomic E-state index is 13.0. The van der Waals surface area contributed by atoms with Gasteiger partial charge in [-0.2, -0.15) is 0 Å². The van der Waals surface area contributed by atoms with Crippen LogP contribution in [0.5, 0.6) is 5.75 Å². The monoisotopic (exact) mass is 418 g/mol. The third-order valence-corrected chi connectivity index (χ3v) is 7.07. The van der Waals surface area contributed by atoms with E-state index in [-0.39, 0.29) is 17.4 Å². The molecule has 30 heavy (non-hydrogen) atoms. The molecule has 6 heteroatoms. The number of sulfonamides is 1. The standard InChI is InChI=1S/C24H22N2O3S/c27-30(28,19-10-11-24-18(14-19)12-13-29-24)26-16-21(17-6-2-1-3-7-17)22-15-25-23-9-5-4-8-20(22)23/h1-11,14-15,21,25-26H,12-13,16H2. The molecule has 4 aromatic rings. The molecule has 1 unspecified atom stereocenters. The number of hydrogen-bond donors (Lipinski definition) is 2. The van der Waals surface area contributed by atoms with Crippen molar-refractivity contribution in [2.45, 2.75) is 17.2 Å². The Bertz CT molecular complexity index is 1300. The largest absolute Gasteiger partial charge is 0.493 e. The lowest BCUT2D eigenvalue weighted by Gasteiger charge is -2.18. The highest BCUT2D eigenvalue weighted by Crippen LogP contribution is 2.31. The minimum absolute atomic E-state index is 0.116. The molecular formula is C24H22N2O3S. The zero-order valence-corrected chi connectivity index (χ0v) is 17.2. The number of ether oxygens (including phenoxy) is 1. The van der Waals surface area contributed by atoms with Crippen LogP contribution in [-0.2, 0) is 16.4 Å². The Morgan fingerprint density at radius 1 is 1.00 bits per heavy atom. The lowest BCUT2D eigenvalue weighted by atomic mass is 9.91. The number of aromatic amines is 1. The average molecular weight is 419 g/mol. The van der Waals surface area contributed by atoms with Crippen LogP contribution in [-0.4, -0.2) is 26.6 Å². The quantitative estimate of drug-likeness (QED) is 0.493. The minimum Gasteiger partial charge on any atom is -0.493 e. The molecule has 0 aliphatic carbocycles. The average Bonchev–Trinajstić information content (AvgIpc) is 3.41. The van der Waals surface area contributed by atoms with Gasteiger partial charge in [0, 0.05) is 36.0 Å². The molecule has 1 aliphatic rings. The molecule has 152 valence electrons. The molecule has 2 N–H and O–H groups in total. The third kappa shape index (κ3) is 3.49. The molecule has 5 nitrogen and oxygen atoms in total. The summed E-state index contributed by atoms with van der Waals surface area (Å²) in [6, 6.07) is 23.1. The van der Waals surface area contributed by atoms with Crippen LogP contribution in [0.1, 0.15) is 22.6 Å². The van der Waals surface area contributed by atoms with E-state index in [0.29, 0.717) is 6.61 Å². The first-order valence-corrected chi connectivity index (χ1v) is 11.5. The zero-order valence-electron chi connectivity index (χ0n) is 16.3. The van der Waals surface area contributed by atoms with E-state index in [1.54, 1.807) is 18.2 Å². The SMILES string of the molecule is O=S(=O)(NCC(c1ccccc1)c1c[nH]c2ccccc12)c1ccc2c(c1)CCO2. The van der Waals surface area contributed by atoms with E-state index in [1.165, 1.54) is 0 Å². The molecule has 0 saturated heterocycles. The van der Waals surface area contributed by atoms with Crippen molar-refractivity contribution in [3.05, 3.63) is 95.7 Å². The number of nitrogens with one attached hydrogen (secondary N) is 2. The number of H-pyrrole nitrogens is 1. The second-order valence-electron chi connectivity index (χ2n) is 7.47. The van der Waals surface area contributed by atoms with E-state index >= 15 is 0 Å². The van der Waals surface area contributed by atoms with Gasteiger partial charge in [-0.15, -0.1) is 0 Å². The van der Waals surface area contributed by atoms with Crippen LogP contribution >= 0.6 is 0 Å². The molecule has 1 atom stereocenters. The summed E-state index contributed by atoms with van der Waals surface area (Å²) in [5, 5.41) is 1.10. The van der Waals surface area contributed by atoms with Gasteiger partial charge in [0.15, 0.2) is 0 Å². The van der Waals surface area contributed by atoms with Crippen molar-refractivity contribution < 1.29 is 13.2 Å². The summed E-state index contributed by atoms with van der Waals surface area (Å²) in [5.41, 5.74) is 4.11. The Kier molecular flexibility index (Phi) is 4.81. The Hall–Kier alpha value is -3.09. The van der Waals surface area contributed by atoms with Crippen molar-refractivity contribution in [3.8, 4) is 5.75 Å². The van der Waals surface area contributed by atoms with E-state index in [0.717, 1.165) is 39.8 Å². The molecule has 0 saturated carbocycles. The van der Waals surface area contributed by atoms with Crippen LogP contribution in [0.2, 0.25) is 0 Å². The molecule has 1 aromatic heterocycles. The van der Waals surface area contributed by atoms with Crippen molar-refractivity contribution in [2.24, 2.45) is 0 Å². The molecule has 0 amide bonds. The molecule has 3 aromatic carbocycles. The van der Waals surface area contributed by atoms with Gasteiger partial charge in [-0.25, -0.2) is 13.1 Å². The highest BCUT2D eigenvalue weighted by molar-refractivity contribution is 7.89. The summed E-state index contributed by atoms with van der Waals surface area (Å²) >= 11 is 0. The molecule has 1 aliphatic heterocycles. The first kappa shape index (κ1) is 18.9. The Balaban J connectivity index is 1.47. The normalized spacial score (nSPS) is 14.4. The summed E-state index contributed by atoms with van der Waals surface area (Å²) in [6.45, 7) is 0.866. The molecule has 2 heterocycles. The lowest BCUT2D eigenvalue weighted by Crippen LogP contribution is -2.29. The smallest absolute Gasteiger partial charge is 0.240 e. The second kappa shape index (κ2) is 7.63. The molecular weight excluding hydrogens is 396 g/mol. The van der Waals surface area contributed by atoms with Crippen LogP contribution in [0, 0.1) is 0 Å². The summed E-state index contributed by atoms with van der Waals surface area (Å²) in [6.07, 6.45) is 2.71. The molecule has 0 fully saturated rings. The van der Waals surface area contributed by atoms with Gasteiger partial charge in [-0.05, 0) is 41.0 Å². The molecule has 0 spiro atoms. The zero-order chi connectivity index (χ0) is 20.6. The molecule has 5 rings (SSSR count). The van der Waals surface area contributed by atoms with Gasteiger partial charge >= 0.3 is 0 Å². The van der Waals surface area contributed by atoms with Gasteiger partial charge < -0.3 is 9.72 Å². The minimum atomic E-state index is -3.65. The summed E-state index contributed by atoms with van der Waals surface area (Å²) < 4.78 is 34.4. The van der Waals surface area contributed by atoms with Crippen LogP contribution in [0.4, 0.5) is 0 Å². The topological polar surface area (TPSA) is 71.2 Å². The Morgan fingerprint density at radius 2 is 1.80 bits per heavy atom. The predicted octanol–water partition coefficient (Wildman–Crippen LogP) is 4.21. The number of fused-ring (bicyclic) bond motifs is 2. The van der Waals surface area contributed by atoms with Crippen molar-refractivity contribution in [1.82, 2.24) is 9.71 Å². The fourth-order valence-corrected chi connectivity index (χ4v) is 5.18. The van der Waals surface area contributed by atoms with Gasteiger partial charge in [0.05, 0.1) is 11.5 Å². The number of benzene rings is 3. The summed E-state index contributed by atoms with van der Waals surface area (Å²) in [7, 11) is -3.65. The first-order chi connectivity index (χ1) is 14.6. The van der Waals surface area contributed by atoms with E-state index in [2.05, 4.69) is 15.8 Å². The second-order valence-corrected chi connectivity index (χ2v) is 9.24. The fraction of sp³-hybridized carbons (Fsp3) is 0.167. The summed E-state index contributed by atoms with van der Waals surface area (Å²) in [5.74, 6) is 0.657. The maximum absolute atomic E-state index is 13.0. The van der Waals surface area contributed by atoms with E-state index in [4.69, 9.17) is 4.74 Å². The van der Waals surface area contributed by atoms with Crippen LogP contribution in [0.15, 0.2) is 83.9 Å². The van der Waals surface area contributed by atoms with Gasteiger partial charge in [0.25, 0.3) is 0 Å². The van der Waals surface area contributed by atoms with E-state index < -0.39 is 10.0 Å². The summed E-state index contributed by atoms with van der Waals surface area (Å²) in [4.78, 5) is 3.58. The highest BCUT2D eigenvalue weighted by atomic mass is 32.2. The number of hydrogen-bond acceptors (Lipinski definition) is 3. The number of rotatable bonds is 6. The van der Waals surface area contributed by atoms with Crippen molar-refractivity contribution in [2.75, 3.05) is 13.2 Å². The van der Waals surface area contributed by atoms with Gasteiger partial charge in [0.2, 0.25) is 10.0 Å². The first-order valence-electron chi connectivity index (χ1n) is 9.98. The predicted molar refractivity (Wildman–Crippen MR) is 117 cm³/mol. The molecule has 0 radical (unpaired) electrons. The van der Waals surface area contributed by atoms with E-state index in [9.17, 15) is 8.42 Å². The number of aromatic nitrogens is 1. The lowest BCUT2D eigenvalue weighted by molar-refractivity contribution is 0.356. The maximum Gasteiger partial charge on any atom is 0.240 e. The Morgan fingerprint density at radius 3 is 2.67 bits per heavy atom. The van der Waals surface area contributed by atoms with Crippen molar-refractivity contribution in [1.29, 1.82) is 0 Å². The van der Waals surface area contributed by atoms with Gasteiger partial charge in [-0.3, -0.25) is 0 Å².